The summed E-state index contributed by atoms with van der Waals surface area (Å²) < 4.78 is 27.7. The van der Waals surface area contributed by atoms with Gasteiger partial charge in [0.05, 0.1) is 0 Å². The van der Waals surface area contributed by atoms with Crippen molar-refractivity contribution in [2.24, 2.45) is 0 Å². The summed E-state index contributed by atoms with van der Waals surface area (Å²) in [5.41, 5.74) is 1.61. The molecular formula is C19H20F2N2O2. The van der Waals surface area contributed by atoms with Gasteiger partial charge in [0.25, 0.3) is 0 Å². The number of nitrogens with zero attached hydrogens (tertiary/aromatic N) is 1. The third-order valence-corrected chi connectivity index (χ3v) is 3.89. The Morgan fingerprint density at radius 1 is 1.04 bits per heavy atom. The van der Waals surface area contributed by atoms with E-state index in [1.165, 1.54) is 13.0 Å². The third-order valence-electron chi connectivity index (χ3n) is 3.89. The number of benzene rings is 2. The van der Waals surface area contributed by atoms with Gasteiger partial charge in [-0.1, -0.05) is 30.3 Å². The molecule has 0 aliphatic heterocycles. The van der Waals surface area contributed by atoms with E-state index in [0.29, 0.717) is 6.54 Å². The van der Waals surface area contributed by atoms with Crippen molar-refractivity contribution in [3.8, 4) is 0 Å². The predicted octanol–water partition coefficient (Wildman–Crippen LogP) is 3.33. The molecule has 6 heteroatoms. The average Bonchev–Trinajstić information content (AvgIpc) is 2.56. The predicted molar refractivity (Wildman–Crippen MR) is 92.0 cm³/mol. The molecule has 0 aliphatic rings. The van der Waals surface area contributed by atoms with Crippen molar-refractivity contribution in [1.29, 1.82) is 0 Å². The second-order valence-electron chi connectivity index (χ2n) is 5.69. The quantitative estimate of drug-likeness (QED) is 0.872. The molecule has 1 N–H and O–H groups in total. The van der Waals surface area contributed by atoms with Gasteiger partial charge >= 0.3 is 0 Å². The van der Waals surface area contributed by atoms with Crippen LogP contribution in [0.5, 0.6) is 0 Å². The number of carbonyl (C=O) groups excluding carboxylic acids is 2. The van der Waals surface area contributed by atoms with Crippen LogP contribution in [0.25, 0.3) is 0 Å². The molecule has 132 valence electrons. The van der Waals surface area contributed by atoms with Gasteiger partial charge in [0.2, 0.25) is 11.8 Å². The van der Waals surface area contributed by atoms with Crippen molar-refractivity contribution in [3.05, 3.63) is 65.2 Å². The third kappa shape index (κ3) is 4.86. The van der Waals surface area contributed by atoms with Crippen LogP contribution in [0.4, 0.5) is 14.5 Å². The van der Waals surface area contributed by atoms with Gasteiger partial charge in [0.15, 0.2) is 0 Å². The molecule has 0 atom stereocenters. The highest BCUT2D eigenvalue weighted by Crippen LogP contribution is 2.23. The van der Waals surface area contributed by atoms with E-state index in [9.17, 15) is 18.4 Å². The largest absolute Gasteiger partial charge is 0.352 e. The Morgan fingerprint density at radius 2 is 1.68 bits per heavy atom. The monoisotopic (exact) mass is 346 g/mol. The number of rotatable bonds is 6. The average molecular weight is 346 g/mol. The van der Waals surface area contributed by atoms with Crippen LogP contribution >= 0.6 is 0 Å². The Labute approximate surface area is 145 Å². The van der Waals surface area contributed by atoms with Gasteiger partial charge in [-0.05, 0) is 30.2 Å². The molecule has 0 aromatic heterocycles. The molecule has 0 bridgehead atoms. The first kappa shape index (κ1) is 18.6. The van der Waals surface area contributed by atoms with Gasteiger partial charge in [-0.2, -0.15) is 0 Å². The summed E-state index contributed by atoms with van der Waals surface area (Å²) in [7, 11) is 0. The van der Waals surface area contributed by atoms with E-state index >= 15 is 0 Å². The van der Waals surface area contributed by atoms with Gasteiger partial charge in [-0.25, -0.2) is 8.78 Å². The summed E-state index contributed by atoms with van der Waals surface area (Å²) in [4.78, 5) is 24.7. The molecule has 25 heavy (non-hydrogen) atoms. The lowest BCUT2D eigenvalue weighted by Gasteiger charge is -2.22. The van der Waals surface area contributed by atoms with E-state index in [-0.39, 0.29) is 18.9 Å². The Balaban J connectivity index is 1.98. The zero-order valence-electron chi connectivity index (χ0n) is 14.2. The molecule has 0 saturated heterocycles. The molecule has 2 rings (SSSR count). The van der Waals surface area contributed by atoms with Gasteiger partial charge in [-0.3, -0.25) is 9.59 Å². The molecule has 2 amide bonds. The van der Waals surface area contributed by atoms with Crippen molar-refractivity contribution in [3.63, 3.8) is 0 Å². The maximum atomic E-state index is 13.9. The first-order chi connectivity index (χ1) is 11.9. The lowest BCUT2D eigenvalue weighted by Crippen LogP contribution is -2.35. The van der Waals surface area contributed by atoms with Crippen LogP contribution in [-0.4, -0.2) is 18.4 Å². The Morgan fingerprint density at radius 3 is 2.28 bits per heavy atom. The summed E-state index contributed by atoms with van der Waals surface area (Å²) >= 11 is 0. The number of hydrogen-bond donors (Lipinski definition) is 1. The number of anilines is 1. The van der Waals surface area contributed by atoms with Crippen molar-refractivity contribution < 1.29 is 18.4 Å². The molecule has 0 aliphatic carbocycles. The fourth-order valence-corrected chi connectivity index (χ4v) is 2.48. The number of amides is 2. The number of aryl methyl sites for hydroxylation is 1. The molecule has 0 unspecified atom stereocenters. The molecular weight excluding hydrogens is 326 g/mol. The van der Waals surface area contributed by atoms with E-state index in [2.05, 4.69) is 5.32 Å². The summed E-state index contributed by atoms with van der Waals surface area (Å²) in [5.74, 6) is -2.51. The Bertz CT molecular complexity index is 758. The molecule has 2 aromatic rings. The van der Waals surface area contributed by atoms with Crippen molar-refractivity contribution in [2.45, 2.75) is 26.8 Å². The molecule has 0 radical (unpaired) electrons. The molecule has 0 spiro atoms. The summed E-state index contributed by atoms with van der Waals surface area (Å²) in [6.07, 6.45) is -0.0563. The molecule has 4 nitrogen and oxygen atoms in total. The zero-order chi connectivity index (χ0) is 18.4. The molecule has 0 heterocycles. The van der Waals surface area contributed by atoms with Crippen molar-refractivity contribution in [1.82, 2.24) is 5.32 Å². The van der Waals surface area contributed by atoms with Crippen LogP contribution in [0.1, 0.15) is 24.5 Å². The SMILES string of the molecule is CC(=O)N(CCC(=O)NCc1ccccc1C)c1c(F)cccc1F. The normalized spacial score (nSPS) is 10.4. The van der Waals surface area contributed by atoms with Crippen LogP contribution in [-0.2, 0) is 16.1 Å². The minimum absolute atomic E-state index is 0.0563. The maximum absolute atomic E-state index is 13.9. The lowest BCUT2D eigenvalue weighted by molar-refractivity contribution is -0.121. The van der Waals surface area contributed by atoms with E-state index in [1.54, 1.807) is 0 Å². The topological polar surface area (TPSA) is 49.4 Å². The van der Waals surface area contributed by atoms with Gasteiger partial charge in [-0.15, -0.1) is 0 Å². The number of halogens is 2. The first-order valence-electron chi connectivity index (χ1n) is 7.93. The Kier molecular flexibility index (Phi) is 6.22. The maximum Gasteiger partial charge on any atom is 0.224 e. The standard InChI is InChI=1S/C19H20F2N2O2/c1-13-6-3-4-7-15(13)12-22-18(25)10-11-23(14(2)24)19-16(20)8-5-9-17(19)21/h3-9H,10-12H2,1-2H3,(H,22,25). The second-order valence-corrected chi connectivity index (χ2v) is 5.69. The lowest BCUT2D eigenvalue weighted by atomic mass is 10.1. The minimum Gasteiger partial charge on any atom is -0.352 e. The van der Waals surface area contributed by atoms with Crippen molar-refractivity contribution in [2.75, 3.05) is 11.4 Å². The van der Waals surface area contributed by atoms with Gasteiger partial charge in [0, 0.05) is 26.4 Å². The zero-order valence-corrected chi connectivity index (χ0v) is 14.2. The van der Waals surface area contributed by atoms with Crippen LogP contribution in [0.2, 0.25) is 0 Å². The van der Waals surface area contributed by atoms with Crippen LogP contribution in [0.15, 0.2) is 42.5 Å². The number of nitrogens with one attached hydrogen (secondary N) is 1. The number of para-hydroxylation sites is 1. The van der Waals surface area contributed by atoms with Crippen molar-refractivity contribution >= 4 is 17.5 Å². The fraction of sp³-hybridized carbons (Fsp3) is 0.263. The number of carbonyl (C=O) groups is 2. The van der Waals surface area contributed by atoms with E-state index in [4.69, 9.17) is 0 Å². The van der Waals surface area contributed by atoms with Crippen LogP contribution in [0, 0.1) is 18.6 Å². The highest BCUT2D eigenvalue weighted by Gasteiger charge is 2.20. The highest BCUT2D eigenvalue weighted by atomic mass is 19.1. The van der Waals surface area contributed by atoms with Gasteiger partial charge in [0.1, 0.15) is 17.3 Å². The van der Waals surface area contributed by atoms with E-state index in [1.807, 2.05) is 31.2 Å². The van der Waals surface area contributed by atoms with E-state index < -0.39 is 23.2 Å². The highest BCUT2D eigenvalue weighted by molar-refractivity contribution is 5.92. The summed E-state index contributed by atoms with van der Waals surface area (Å²) in [5, 5.41) is 2.75. The van der Waals surface area contributed by atoms with E-state index in [0.717, 1.165) is 28.2 Å². The molecule has 0 saturated carbocycles. The van der Waals surface area contributed by atoms with Crippen LogP contribution < -0.4 is 10.2 Å². The Hall–Kier alpha value is -2.76. The fourth-order valence-electron chi connectivity index (χ4n) is 2.48. The number of hydrogen-bond acceptors (Lipinski definition) is 2. The molecule has 0 fully saturated rings. The minimum atomic E-state index is -0.837. The molecule has 2 aromatic carbocycles. The van der Waals surface area contributed by atoms with Crippen LogP contribution in [0.3, 0.4) is 0 Å². The second kappa shape index (κ2) is 8.37. The van der Waals surface area contributed by atoms with Gasteiger partial charge < -0.3 is 10.2 Å². The smallest absolute Gasteiger partial charge is 0.224 e. The summed E-state index contributed by atoms with van der Waals surface area (Å²) in [6.45, 7) is 3.41. The first-order valence-corrected chi connectivity index (χ1v) is 7.93. The summed E-state index contributed by atoms with van der Waals surface area (Å²) in [6, 6.07) is 11.0.